The number of aromatic amines is 1. The summed E-state index contributed by atoms with van der Waals surface area (Å²) in [5, 5.41) is 3.73. The minimum atomic E-state index is -0.357. The van der Waals surface area contributed by atoms with Gasteiger partial charge in [-0.05, 0) is 75.5 Å². The second kappa shape index (κ2) is 12.1. The van der Waals surface area contributed by atoms with Gasteiger partial charge < -0.3 is 15.2 Å². The van der Waals surface area contributed by atoms with Crippen molar-refractivity contribution in [2.24, 2.45) is 0 Å². The molecule has 0 aliphatic carbocycles. The summed E-state index contributed by atoms with van der Waals surface area (Å²) < 4.78 is 13.6. The van der Waals surface area contributed by atoms with Crippen LogP contribution in [0.2, 0.25) is 10.0 Å². The fourth-order valence-corrected chi connectivity index (χ4v) is 5.06. The molecule has 202 valence electrons. The van der Waals surface area contributed by atoms with E-state index < -0.39 is 0 Å². The number of amides is 1. The number of benzene rings is 3. The summed E-state index contributed by atoms with van der Waals surface area (Å²) in [6, 6.07) is 15.8. The van der Waals surface area contributed by atoms with Crippen LogP contribution in [0.3, 0.4) is 0 Å². The molecule has 1 aromatic heterocycles. The number of hydrogen-bond donors (Lipinski definition) is 2. The van der Waals surface area contributed by atoms with Gasteiger partial charge in [-0.3, -0.25) is 9.69 Å². The zero-order valence-electron chi connectivity index (χ0n) is 21.0. The maximum absolute atomic E-state index is 13.6. The molecule has 4 aromatic rings. The molecule has 2 atom stereocenters. The first-order valence-corrected chi connectivity index (χ1v) is 12.5. The Bertz CT molecular complexity index is 1450. The molecule has 6 nitrogen and oxygen atoms in total. The van der Waals surface area contributed by atoms with Crippen molar-refractivity contribution in [3.63, 3.8) is 0 Å². The number of nitrogens with zero attached hydrogens (tertiary/aromatic N) is 3. The third-order valence-electron chi connectivity index (χ3n) is 6.85. The smallest absolute Gasteiger partial charge is 0.257 e. The van der Waals surface area contributed by atoms with Crippen LogP contribution in [-0.2, 0) is 0 Å². The summed E-state index contributed by atoms with van der Waals surface area (Å²) in [5.41, 5.74) is 3.68. The first kappa shape index (κ1) is 30.0. The minimum Gasteiger partial charge on any atom is -0.368 e. The molecule has 1 fully saturated rings. The molecular formula is C27H28Cl4FN5O. The molecule has 1 amide bonds. The number of fused-ring (bicyclic) bond motifs is 1. The van der Waals surface area contributed by atoms with Crippen LogP contribution in [0.1, 0.15) is 24.2 Å². The highest BCUT2D eigenvalue weighted by Crippen LogP contribution is 2.32. The fourth-order valence-electron chi connectivity index (χ4n) is 4.59. The molecule has 0 unspecified atom stereocenters. The van der Waals surface area contributed by atoms with Crippen LogP contribution in [0.25, 0.3) is 22.4 Å². The second-order valence-electron chi connectivity index (χ2n) is 9.33. The van der Waals surface area contributed by atoms with E-state index in [1.807, 2.05) is 12.1 Å². The lowest BCUT2D eigenvalue weighted by molar-refractivity contribution is 0.102. The molecule has 1 aliphatic heterocycles. The lowest BCUT2D eigenvalue weighted by Gasteiger charge is -2.43. The van der Waals surface area contributed by atoms with E-state index in [-0.39, 0.29) is 36.5 Å². The standard InChI is InChI=1S/C27H26Cl2FN5O.2ClH/c1-15-13-35(14-16(2)34(15)3)19-6-7-20(23(29)12-19)27(36)31-18-5-8-22(28)21(11-18)26-32-24-9-4-17(30)10-25(24)33-26;;/h4-12,15-16H,13-14H2,1-3H3,(H,31,36)(H,32,33);2*1H/t15-,16+;;. The predicted octanol–water partition coefficient (Wildman–Crippen LogP) is 7.30. The van der Waals surface area contributed by atoms with E-state index in [1.54, 1.807) is 30.3 Å². The highest BCUT2D eigenvalue weighted by atomic mass is 35.5. The Balaban J connectivity index is 0.00000200. The van der Waals surface area contributed by atoms with Crippen LogP contribution in [0.4, 0.5) is 15.8 Å². The maximum Gasteiger partial charge on any atom is 0.257 e. The molecule has 2 heterocycles. The number of H-pyrrole nitrogens is 1. The number of likely N-dealkylation sites (N-methyl/N-ethyl adjacent to an activating group) is 1. The van der Waals surface area contributed by atoms with Crippen LogP contribution >= 0.6 is 48.0 Å². The quantitative estimate of drug-likeness (QED) is 0.259. The Morgan fingerprint density at radius 2 is 1.71 bits per heavy atom. The van der Waals surface area contributed by atoms with Crippen molar-refractivity contribution in [1.82, 2.24) is 14.9 Å². The number of hydrogen-bond acceptors (Lipinski definition) is 4. The van der Waals surface area contributed by atoms with Crippen LogP contribution in [-0.4, -0.2) is 53.0 Å². The van der Waals surface area contributed by atoms with E-state index in [9.17, 15) is 9.18 Å². The van der Waals surface area contributed by atoms with E-state index >= 15 is 0 Å². The monoisotopic (exact) mass is 597 g/mol. The lowest BCUT2D eigenvalue weighted by Crippen LogP contribution is -2.55. The van der Waals surface area contributed by atoms with E-state index in [0.29, 0.717) is 55.8 Å². The van der Waals surface area contributed by atoms with Gasteiger partial charge in [0.05, 0.1) is 26.6 Å². The van der Waals surface area contributed by atoms with Gasteiger partial charge in [0.15, 0.2) is 0 Å². The van der Waals surface area contributed by atoms with E-state index in [0.717, 1.165) is 18.8 Å². The van der Waals surface area contributed by atoms with Gasteiger partial charge in [-0.15, -0.1) is 24.8 Å². The lowest BCUT2D eigenvalue weighted by atomic mass is 10.1. The van der Waals surface area contributed by atoms with Crippen molar-refractivity contribution in [2.75, 3.05) is 30.4 Å². The minimum absolute atomic E-state index is 0. The first-order chi connectivity index (χ1) is 17.2. The summed E-state index contributed by atoms with van der Waals surface area (Å²) >= 11 is 13.0. The van der Waals surface area contributed by atoms with Crippen LogP contribution < -0.4 is 10.2 Å². The Morgan fingerprint density at radius 1 is 1.00 bits per heavy atom. The van der Waals surface area contributed by atoms with E-state index in [4.69, 9.17) is 23.2 Å². The van der Waals surface area contributed by atoms with Gasteiger partial charge in [0.2, 0.25) is 0 Å². The third-order valence-corrected chi connectivity index (χ3v) is 7.49. The average Bonchev–Trinajstić information content (AvgIpc) is 3.26. The molecular weight excluding hydrogens is 571 g/mol. The average molecular weight is 599 g/mol. The number of rotatable bonds is 4. The number of imidazole rings is 1. The summed E-state index contributed by atoms with van der Waals surface area (Å²) in [6.07, 6.45) is 0. The summed E-state index contributed by atoms with van der Waals surface area (Å²) in [4.78, 5) is 25.3. The number of carbonyl (C=O) groups excluding carboxylic acids is 1. The largest absolute Gasteiger partial charge is 0.368 e. The van der Waals surface area contributed by atoms with Gasteiger partial charge in [0.25, 0.3) is 5.91 Å². The zero-order valence-corrected chi connectivity index (χ0v) is 24.1. The number of carbonyl (C=O) groups is 1. The summed E-state index contributed by atoms with van der Waals surface area (Å²) in [6.45, 7) is 6.20. The Hall–Kier alpha value is -2.55. The Kier molecular flexibility index (Phi) is 9.55. The van der Waals surface area contributed by atoms with Crippen LogP contribution in [0.15, 0.2) is 54.6 Å². The Labute approximate surface area is 243 Å². The normalized spacial score (nSPS) is 17.6. The molecule has 0 radical (unpaired) electrons. The van der Waals surface area contributed by atoms with Gasteiger partial charge in [-0.1, -0.05) is 23.2 Å². The Morgan fingerprint density at radius 3 is 2.39 bits per heavy atom. The topological polar surface area (TPSA) is 64.3 Å². The maximum atomic E-state index is 13.6. The number of nitrogens with one attached hydrogen (secondary N) is 2. The molecule has 5 rings (SSSR count). The summed E-state index contributed by atoms with van der Waals surface area (Å²) in [7, 11) is 2.14. The van der Waals surface area contributed by atoms with Crippen molar-refractivity contribution in [3.05, 3.63) is 76.0 Å². The molecule has 11 heteroatoms. The van der Waals surface area contributed by atoms with Gasteiger partial charge in [-0.2, -0.15) is 0 Å². The van der Waals surface area contributed by atoms with Gasteiger partial charge in [-0.25, -0.2) is 9.37 Å². The van der Waals surface area contributed by atoms with Crippen molar-refractivity contribution < 1.29 is 9.18 Å². The van der Waals surface area contributed by atoms with Crippen LogP contribution in [0, 0.1) is 5.82 Å². The van der Waals surface area contributed by atoms with E-state index in [2.05, 4.69) is 46.0 Å². The fraction of sp³-hybridized carbons (Fsp3) is 0.259. The molecule has 2 N–H and O–H groups in total. The number of piperazine rings is 1. The second-order valence-corrected chi connectivity index (χ2v) is 10.1. The number of halogens is 5. The SMILES string of the molecule is C[C@@H]1CN(c2ccc(C(=O)Nc3ccc(Cl)c(-c4nc5ccc(F)cc5[nH]4)c3)c(Cl)c2)C[C@H](C)N1C.Cl.Cl. The molecule has 0 spiro atoms. The molecule has 1 aliphatic rings. The van der Waals surface area contributed by atoms with Gasteiger partial charge in [0.1, 0.15) is 11.6 Å². The van der Waals surface area contributed by atoms with Crippen LogP contribution in [0.5, 0.6) is 0 Å². The van der Waals surface area contributed by atoms with Crippen molar-refractivity contribution in [2.45, 2.75) is 25.9 Å². The highest BCUT2D eigenvalue weighted by Gasteiger charge is 2.27. The molecule has 3 aromatic carbocycles. The molecule has 0 saturated carbocycles. The highest BCUT2D eigenvalue weighted by molar-refractivity contribution is 6.35. The van der Waals surface area contributed by atoms with E-state index in [1.165, 1.54) is 12.1 Å². The predicted molar refractivity (Wildman–Crippen MR) is 159 cm³/mol. The third kappa shape index (κ3) is 6.03. The molecule has 1 saturated heterocycles. The van der Waals surface area contributed by atoms with Gasteiger partial charge in [0, 0.05) is 42.1 Å². The summed E-state index contributed by atoms with van der Waals surface area (Å²) in [5.74, 6) is -0.203. The van der Waals surface area contributed by atoms with Crippen molar-refractivity contribution in [1.29, 1.82) is 0 Å². The molecule has 0 bridgehead atoms. The van der Waals surface area contributed by atoms with Crippen molar-refractivity contribution in [3.8, 4) is 11.4 Å². The first-order valence-electron chi connectivity index (χ1n) is 11.7. The molecule has 38 heavy (non-hydrogen) atoms. The zero-order chi connectivity index (χ0) is 25.6. The van der Waals surface area contributed by atoms with Crippen molar-refractivity contribution >= 4 is 76.3 Å². The number of aromatic nitrogens is 2. The number of anilines is 2. The van der Waals surface area contributed by atoms with Gasteiger partial charge >= 0.3 is 0 Å².